The van der Waals surface area contributed by atoms with Gasteiger partial charge in [0.05, 0.1) is 12.2 Å². The molecule has 3 aromatic rings. The SMILES string of the molecule is c1ccc(OCc2nc(CN[C@H]3CCc4ncnn4C3)cs2)cc1. The Labute approximate surface area is 144 Å². The quantitative estimate of drug-likeness (QED) is 0.746. The van der Waals surface area contributed by atoms with Gasteiger partial charge in [0.1, 0.15) is 29.5 Å². The molecule has 0 bridgehead atoms. The molecule has 0 unspecified atom stereocenters. The number of ether oxygens (including phenoxy) is 1. The summed E-state index contributed by atoms with van der Waals surface area (Å²) in [6.45, 7) is 2.17. The molecule has 1 aliphatic heterocycles. The zero-order valence-corrected chi connectivity index (χ0v) is 14.1. The van der Waals surface area contributed by atoms with Gasteiger partial charge in [-0.3, -0.25) is 0 Å². The van der Waals surface area contributed by atoms with Crippen LogP contribution in [-0.4, -0.2) is 25.8 Å². The van der Waals surface area contributed by atoms with E-state index in [-0.39, 0.29) is 0 Å². The standard InChI is InChI=1S/C17H19N5OS/c1-2-4-15(5-3-1)23-10-17-21-14(11-24-17)8-18-13-6-7-16-19-12-20-22(16)9-13/h1-5,11-13,18H,6-10H2/t13-/m0/s1. The van der Waals surface area contributed by atoms with E-state index in [1.165, 1.54) is 0 Å². The Morgan fingerprint density at radius 2 is 2.21 bits per heavy atom. The highest BCUT2D eigenvalue weighted by molar-refractivity contribution is 7.09. The number of fused-ring (bicyclic) bond motifs is 1. The van der Waals surface area contributed by atoms with Crippen LogP contribution in [-0.2, 0) is 26.1 Å². The largest absolute Gasteiger partial charge is 0.486 e. The summed E-state index contributed by atoms with van der Waals surface area (Å²) in [6.07, 6.45) is 3.70. The molecule has 0 amide bonds. The van der Waals surface area contributed by atoms with E-state index in [1.807, 2.05) is 35.0 Å². The van der Waals surface area contributed by atoms with Crippen LogP contribution in [0.5, 0.6) is 5.75 Å². The van der Waals surface area contributed by atoms with Crippen molar-refractivity contribution in [2.45, 2.75) is 38.6 Å². The first-order valence-electron chi connectivity index (χ1n) is 8.08. The van der Waals surface area contributed by atoms with Crippen LogP contribution in [0.25, 0.3) is 0 Å². The molecule has 124 valence electrons. The highest BCUT2D eigenvalue weighted by Gasteiger charge is 2.19. The molecule has 1 N–H and O–H groups in total. The van der Waals surface area contributed by atoms with Crippen LogP contribution in [0.3, 0.4) is 0 Å². The Bertz CT molecular complexity index is 785. The summed E-state index contributed by atoms with van der Waals surface area (Å²) in [6, 6.07) is 10.3. The molecular formula is C17H19N5OS. The van der Waals surface area contributed by atoms with Crippen LogP contribution in [0, 0.1) is 0 Å². The molecule has 6 nitrogen and oxygen atoms in total. The summed E-state index contributed by atoms with van der Waals surface area (Å²) < 4.78 is 7.73. The molecule has 0 spiro atoms. The highest BCUT2D eigenvalue weighted by atomic mass is 32.1. The van der Waals surface area contributed by atoms with Gasteiger partial charge in [-0.25, -0.2) is 14.6 Å². The summed E-state index contributed by atoms with van der Waals surface area (Å²) in [5.41, 5.74) is 1.07. The predicted molar refractivity (Wildman–Crippen MR) is 91.9 cm³/mol. The van der Waals surface area contributed by atoms with E-state index in [9.17, 15) is 0 Å². The first kappa shape index (κ1) is 15.3. The maximum atomic E-state index is 5.74. The summed E-state index contributed by atoms with van der Waals surface area (Å²) >= 11 is 1.64. The summed E-state index contributed by atoms with van der Waals surface area (Å²) in [7, 11) is 0. The fourth-order valence-corrected chi connectivity index (χ4v) is 3.52. The molecule has 1 atom stereocenters. The van der Waals surface area contributed by atoms with Gasteiger partial charge in [-0.15, -0.1) is 11.3 Å². The van der Waals surface area contributed by atoms with Gasteiger partial charge >= 0.3 is 0 Å². The van der Waals surface area contributed by atoms with Crippen molar-refractivity contribution in [3.63, 3.8) is 0 Å². The smallest absolute Gasteiger partial charge is 0.140 e. The van der Waals surface area contributed by atoms with Gasteiger partial charge in [-0.1, -0.05) is 18.2 Å². The molecule has 0 aliphatic carbocycles. The first-order chi connectivity index (χ1) is 11.9. The number of thiazole rings is 1. The van der Waals surface area contributed by atoms with Crippen LogP contribution >= 0.6 is 11.3 Å². The molecule has 0 saturated heterocycles. The zero-order valence-electron chi connectivity index (χ0n) is 13.3. The lowest BCUT2D eigenvalue weighted by Crippen LogP contribution is -2.37. The van der Waals surface area contributed by atoms with Crippen molar-refractivity contribution in [1.82, 2.24) is 25.1 Å². The highest BCUT2D eigenvalue weighted by Crippen LogP contribution is 2.16. The van der Waals surface area contributed by atoms with Crippen LogP contribution < -0.4 is 10.1 Å². The fraction of sp³-hybridized carbons (Fsp3) is 0.353. The third kappa shape index (κ3) is 3.63. The second-order valence-electron chi connectivity index (χ2n) is 5.81. The van der Waals surface area contributed by atoms with E-state index in [2.05, 4.69) is 25.8 Å². The summed E-state index contributed by atoms with van der Waals surface area (Å²) in [5.74, 6) is 1.96. The van der Waals surface area contributed by atoms with Crippen molar-refractivity contribution < 1.29 is 4.74 Å². The van der Waals surface area contributed by atoms with Crippen LogP contribution in [0.15, 0.2) is 42.0 Å². The number of aromatic nitrogens is 4. The normalized spacial score (nSPS) is 16.8. The molecule has 1 aromatic carbocycles. The second kappa shape index (κ2) is 7.11. The molecule has 0 saturated carbocycles. The van der Waals surface area contributed by atoms with Crippen LogP contribution in [0.4, 0.5) is 0 Å². The molecule has 24 heavy (non-hydrogen) atoms. The number of hydrogen-bond donors (Lipinski definition) is 1. The van der Waals surface area contributed by atoms with Gasteiger partial charge in [0.15, 0.2) is 0 Å². The van der Waals surface area contributed by atoms with Gasteiger partial charge < -0.3 is 10.1 Å². The molecule has 2 aromatic heterocycles. The van der Waals surface area contributed by atoms with Crippen molar-refractivity contribution in [1.29, 1.82) is 0 Å². The van der Waals surface area contributed by atoms with E-state index < -0.39 is 0 Å². The Kier molecular flexibility index (Phi) is 4.53. The maximum Gasteiger partial charge on any atom is 0.140 e. The first-order valence-corrected chi connectivity index (χ1v) is 8.96. The topological polar surface area (TPSA) is 64.9 Å². The van der Waals surface area contributed by atoms with Crippen LogP contribution in [0.1, 0.15) is 22.9 Å². The number of nitrogens with one attached hydrogen (secondary N) is 1. The van der Waals surface area contributed by atoms with E-state index in [4.69, 9.17) is 4.74 Å². The molecule has 7 heteroatoms. The maximum absolute atomic E-state index is 5.74. The van der Waals surface area contributed by atoms with Crippen molar-refractivity contribution in [2.75, 3.05) is 0 Å². The minimum Gasteiger partial charge on any atom is -0.486 e. The lowest BCUT2D eigenvalue weighted by Gasteiger charge is -2.23. The van der Waals surface area contributed by atoms with Crippen molar-refractivity contribution in [3.05, 3.63) is 58.6 Å². The van der Waals surface area contributed by atoms with E-state index in [1.54, 1.807) is 17.7 Å². The Morgan fingerprint density at radius 1 is 1.29 bits per heavy atom. The van der Waals surface area contributed by atoms with Gasteiger partial charge in [0.2, 0.25) is 0 Å². The molecule has 0 radical (unpaired) electrons. The Morgan fingerprint density at radius 3 is 3.12 bits per heavy atom. The average molecular weight is 341 g/mol. The second-order valence-corrected chi connectivity index (χ2v) is 6.75. The summed E-state index contributed by atoms with van der Waals surface area (Å²) in [4.78, 5) is 8.90. The Hall–Kier alpha value is -2.25. The number of aryl methyl sites for hydroxylation is 1. The average Bonchev–Trinajstić information content (AvgIpc) is 3.28. The van der Waals surface area contributed by atoms with Crippen molar-refractivity contribution >= 4 is 11.3 Å². The molecule has 1 aliphatic rings. The van der Waals surface area contributed by atoms with E-state index in [0.717, 1.165) is 48.2 Å². The third-order valence-electron chi connectivity index (χ3n) is 4.08. The van der Waals surface area contributed by atoms with Gasteiger partial charge in [0, 0.05) is 24.4 Å². The molecular weight excluding hydrogens is 322 g/mol. The minimum atomic E-state index is 0.421. The van der Waals surface area contributed by atoms with E-state index >= 15 is 0 Å². The number of rotatable bonds is 6. The predicted octanol–water partition coefficient (Wildman–Crippen LogP) is 2.42. The fourth-order valence-electron chi connectivity index (χ4n) is 2.81. The van der Waals surface area contributed by atoms with E-state index in [0.29, 0.717) is 12.6 Å². The third-order valence-corrected chi connectivity index (χ3v) is 4.95. The van der Waals surface area contributed by atoms with Gasteiger partial charge in [-0.05, 0) is 18.6 Å². The lowest BCUT2D eigenvalue weighted by molar-refractivity contribution is 0.305. The van der Waals surface area contributed by atoms with Gasteiger partial charge in [-0.2, -0.15) is 5.10 Å². The van der Waals surface area contributed by atoms with Crippen molar-refractivity contribution in [3.8, 4) is 5.75 Å². The van der Waals surface area contributed by atoms with Crippen molar-refractivity contribution in [2.24, 2.45) is 0 Å². The lowest BCUT2D eigenvalue weighted by atomic mass is 10.1. The molecule has 3 heterocycles. The van der Waals surface area contributed by atoms with Gasteiger partial charge in [0.25, 0.3) is 0 Å². The molecule has 4 rings (SSSR count). The monoisotopic (exact) mass is 341 g/mol. The zero-order chi connectivity index (χ0) is 16.2. The number of benzene rings is 1. The van der Waals surface area contributed by atoms with Crippen LogP contribution in [0.2, 0.25) is 0 Å². The Balaban J connectivity index is 1.27. The number of hydrogen-bond acceptors (Lipinski definition) is 6. The summed E-state index contributed by atoms with van der Waals surface area (Å²) in [5, 5.41) is 10.9. The minimum absolute atomic E-state index is 0.421. The number of nitrogens with zero attached hydrogens (tertiary/aromatic N) is 4. The number of para-hydroxylation sites is 1. The molecule has 0 fully saturated rings.